The van der Waals surface area contributed by atoms with Gasteiger partial charge in [-0.15, -0.1) is 0 Å². The molecule has 2 aromatic rings. The summed E-state index contributed by atoms with van der Waals surface area (Å²) in [6.45, 7) is -0.477. The first kappa shape index (κ1) is 24.4. The number of methoxy groups -OCH3 is 2. The quantitative estimate of drug-likeness (QED) is 0.636. The lowest BCUT2D eigenvalue weighted by Gasteiger charge is -2.20. The predicted molar refractivity (Wildman–Crippen MR) is 117 cm³/mol. The SMILES string of the molecule is COc1cc(NC(=O)CN(C)S(=O)(=O)c2ccc(Cl)cc2)c(C(=O)N(C)C)cc1OC. The van der Waals surface area contributed by atoms with Crippen molar-refractivity contribution in [2.75, 3.05) is 47.2 Å². The molecule has 2 rings (SSSR count). The fourth-order valence-electron chi connectivity index (χ4n) is 2.66. The molecular formula is C20H24ClN3O6S. The molecule has 0 aromatic heterocycles. The second-order valence-electron chi connectivity index (χ2n) is 6.72. The van der Waals surface area contributed by atoms with E-state index in [0.717, 1.165) is 4.31 Å². The average molecular weight is 470 g/mol. The number of likely N-dealkylation sites (N-methyl/N-ethyl adjacent to an activating group) is 1. The molecule has 0 aliphatic heterocycles. The summed E-state index contributed by atoms with van der Waals surface area (Å²) < 4.78 is 36.7. The number of sulfonamides is 1. The summed E-state index contributed by atoms with van der Waals surface area (Å²) in [5, 5.41) is 2.98. The van der Waals surface area contributed by atoms with Crippen molar-refractivity contribution in [1.82, 2.24) is 9.21 Å². The maximum absolute atomic E-state index is 12.7. The molecule has 0 spiro atoms. The summed E-state index contributed by atoms with van der Waals surface area (Å²) >= 11 is 5.80. The highest BCUT2D eigenvalue weighted by Gasteiger charge is 2.25. The molecular weight excluding hydrogens is 446 g/mol. The lowest BCUT2D eigenvalue weighted by molar-refractivity contribution is -0.116. The molecule has 0 heterocycles. The van der Waals surface area contributed by atoms with E-state index in [4.69, 9.17) is 21.1 Å². The normalized spacial score (nSPS) is 11.2. The number of ether oxygens (including phenoxy) is 2. The number of benzene rings is 2. The largest absolute Gasteiger partial charge is 0.493 e. The first-order valence-electron chi connectivity index (χ1n) is 9.00. The molecule has 0 aliphatic rings. The Morgan fingerprint density at radius 1 is 1.00 bits per heavy atom. The third kappa shape index (κ3) is 5.66. The molecule has 31 heavy (non-hydrogen) atoms. The number of anilines is 1. The number of halogens is 1. The highest BCUT2D eigenvalue weighted by Crippen LogP contribution is 2.34. The third-order valence-corrected chi connectivity index (χ3v) is 6.39. The minimum atomic E-state index is -3.91. The summed E-state index contributed by atoms with van der Waals surface area (Å²) in [5.74, 6) is -0.401. The standard InChI is InChI=1S/C20H24ClN3O6S/c1-23(2)20(26)15-10-17(29-4)18(30-5)11-16(15)22-19(25)12-24(3)31(27,28)14-8-6-13(21)7-9-14/h6-11H,12H2,1-5H3,(H,22,25). The average Bonchev–Trinajstić information content (AvgIpc) is 2.72. The zero-order chi connectivity index (χ0) is 23.3. The van der Waals surface area contributed by atoms with Gasteiger partial charge in [0.25, 0.3) is 5.91 Å². The first-order valence-corrected chi connectivity index (χ1v) is 10.8. The lowest BCUT2D eigenvalue weighted by atomic mass is 10.1. The van der Waals surface area contributed by atoms with E-state index in [1.54, 1.807) is 14.1 Å². The molecule has 0 atom stereocenters. The lowest BCUT2D eigenvalue weighted by Crippen LogP contribution is -2.35. The Hall–Kier alpha value is -2.82. The number of nitrogens with one attached hydrogen (secondary N) is 1. The van der Waals surface area contributed by atoms with Crippen LogP contribution in [0.15, 0.2) is 41.3 Å². The minimum absolute atomic E-state index is 0.00166. The molecule has 0 fully saturated rings. The molecule has 2 aromatic carbocycles. The summed E-state index contributed by atoms with van der Waals surface area (Å²) in [6, 6.07) is 8.50. The summed E-state index contributed by atoms with van der Waals surface area (Å²) in [5.41, 5.74) is 0.331. The van der Waals surface area contributed by atoms with Crippen LogP contribution >= 0.6 is 11.6 Å². The van der Waals surface area contributed by atoms with Gasteiger partial charge in [-0.25, -0.2) is 8.42 Å². The molecule has 0 saturated heterocycles. The number of carbonyl (C=O) groups excluding carboxylic acids is 2. The van der Waals surface area contributed by atoms with Gasteiger partial charge in [0.05, 0.1) is 36.9 Å². The number of carbonyl (C=O) groups is 2. The second-order valence-corrected chi connectivity index (χ2v) is 9.20. The van der Waals surface area contributed by atoms with Gasteiger partial charge in [-0.2, -0.15) is 4.31 Å². The Morgan fingerprint density at radius 3 is 2.06 bits per heavy atom. The van der Waals surface area contributed by atoms with Crippen LogP contribution in [0.1, 0.15) is 10.4 Å². The maximum Gasteiger partial charge on any atom is 0.255 e. The molecule has 0 aliphatic carbocycles. The topological polar surface area (TPSA) is 105 Å². The minimum Gasteiger partial charge on any atom is -0.493 e. The maximum atomic E-state index is 12.7. The van der Waals surface area contributed by atoms with E-state index in [1.807, 2.05) is 0 Å². The Kier molecular flexibility index (Phi) is 7.88. The van der Waals surface area contributed by atoms with Crippen LogP contribution in [0.2, 0.25) is 5.02 Å². The van der Waals surface area contributed by atoms with Crippen molar-refractivity contribution in [3.63, 3.8) is 0 Å². The van der Waals surface area contributed by atoms with E-state index >= 15 is 0 Å². The van der Waals surface area contributed by atoms with E-state index in [2.05, 4.69) is 5.32 Å². The van der Waals surface area contributed by atoms with Crippen molar-refractivity contribution >= 4 is 39.1 Å². The van der Waals surface area contributed by atoms with Crippen molar-refractivity contribution in [3.8, 4) is 11.5 Å². The highest BCUT2D eigenvalue weighted by atomic mass is 35.5. The molecule has 2 amide bonds. The molecule has 168 valence electrons. The molecule has 9 nitrogen and oxygen atoms in total. The molecule has 0 unspecified atom stereocenters. The molecule has 0 bridgehead atoms. The molecule has 0 saturated carbocycles. The fourth-order valence-corrected chi connectivity index (χ4v) is 3.92. The van der Waals surface area contributed by atoms with Crippen LogP contribution in [-0.2, 0) is 14.8 Å². The molecule has 11 heteroatoms. The van der Waals surface area contributed by atoms with Gasteiger partial charge in [-0.05, 0) is 30.3 Å². The van der Waals surface area contributed by atoms with E-state index in [9.17, 15) is 18.0 Å². The highest BCUT2D eigenvalue weighted by molar-refractivity contribution is 7.89. The Bertz CT molecular complexity index is 1070. The van der Waals surface area contributed by atoms with Crippen LogP contribution in [0.4, 0.5) is 5.69 Å². The zero-order valence-electron chi connectivity index (χ0n) is 17.8. The fraction of sp³-hybridized carbons (Fsp3) is 0.300. The number of hydrogen-bond acceptors (Lipinski definition) is 6. The number of nitrogens with zero attached hydrogens (tertiary/aromatic N) is 2. The van der Waals surface area contributed by atoms with Crippen molar-refractivity contribution < 1.29 is 27.5 Å². The Morgan fingerprint density at radius 2 is 1.55 bits per heavy atom. The van der Waals surface area contributed by atoms with Gasteiger partial charge < -0.3 is 19.7 Å². The van der Waals surface area contributed by atoms with E-state index < -0.39 is 22.5 Å². The summed E-state index contributed by atoms with van der Waals surface area (Å²) in [7, 11) is 3.35. The van der Waals surface area contributed by atoms with Crippen molar-refractivity contribution in [1.29, 1.82) is 0 Å². The van der Waals surface area contributed by atoms with E-state index in [-0.39, 0.29) is 22.1 Å². The van der Waals surface area contributed by atoms with E-state index in [0.29, 0.717) is 16.5 Å². The predicted octanol–water partition coefficient (Wildman–Crippen LogP) is 2.32. The first-order chi connectivity index (χ1) is 14.5. The van der Waals surface area contributed by atoms with Crippen LogP contribution < -0.4 is 14.8 Å². The van der Waals surface area contributed by atoms with Crippen LogP contribution in [0.5, 0.6) is 11.5 Å². The smallest absolute Gasteiger partial charge is 0.255 e. The van der Waals surface area contributed by atoms with E-state index in [1.165, 1.54) is 62.6 Å². The molecule has 1 N–H and O–H groups in total. The van der Waals surface area contributed by atoms with Crippen molar-refractivity contribution in [3.05, 3.63) is 47.0 Å². The second kappa shape index (κ2) is 9.99. The van der Waals surface area contributed by atoms with Gasteiger partial charge in [0, 0.05) is 32.2 Å². The van der Waals surface area contributed by atoms with Crippen LogP contribution in [-0.4, -0.2) is 71.3 Å². The summed E-state index contributed by atoms with van der Waals surface area (Å²) in [4.78, 5) is 26.5. The number of rotatable bonds is 8. The summed E-state index contributed by atoms with van der Waals surface area (Å²) in [6.07, 6.45) is 0. The number of hydrogen-bond donors (Lipinski definition) is 1. The van der Waals surface area contributed by atoms with Crippen molar-refractivity contribution in [2.24, 2.45) is 0 Å². The van der Waals surface area contributed by atoms with Crippen molar-refractivity contribution in [2.45, 2.75) is 4.90 Å². The van der Waals surface area contributed by atoms with Gasteiger partial charge >= 0.3 is 0 Å². The Labute approximate surface area is 186 Å². The number of amides is 2. The molecule has 0 radical (unpaired) electrons. The zero-order valence-corrected chi connectivity index (χ0v) is 19.4. The monoisotopic (exact) mass is 469 g/mol. The van der Waals surface area contributed by atoms with Crippen LogP contribution in [0.3, 0.4) is 0 Å². The van der Waals surface area contributed by atoms with Gasteiger partial charge in [0.1, 0.15) is 0 Å². The van der Waals surface area contributed by atoms with Crippen LogP contribution in [0, 0.1) is 0 Å². The van der Waals surface area contributed by atoms with Gasteiger partial charge in [-0.1, -0.05) is 11.6 Å². The van der Waals surface area contributed by atoms with Crippen LogP contribution in [0.25, 0.3) is 0 Å². The van der Waals surface area contributed by atoms with Gasteiger partial charge in [0.2, 0.25) is 15.9 Å². The third-order valence-electron chi connectivity index (χ3n) is 4.32. The Balaban J connectivity index is 2.29. The van der Waals surface area contributed by atoms with Gasteiger partial charge in [-0.3, -0.25) is 9.59 Å². The van der Waals surface area contributed by atoms with Gasteiger partial charge in [0.15, 0.2) is 11.5 Å².